The maximum Gasteiger partial charge on any atom is 0.229 e. The van der Waals surface area contributed by atoms with Gasteiger partial charge < -0.3 is 5.32 Å². The zero-order valence-corrected chi connectivity index (χ0v) is 13.0. The van der Waals surface area contributed by atoms with E-state index < -0.39 is 0 Å². The second-order valence-electron chi connectivity index (χ2n) is 6.16. The Bertz CT molecular complexity index is 405. The summed E-state index contributed by atoms with van der Waals surface area (Å²) in [4.78, 5) is 12.2. The summed E-state index contributed by atoms with van der Waals surface area (Å²) < 4.78 is 0. The molecule has 0 radical (unpaired) electrons. The lowest BCUT2D eigenvalue weighted by molar-refractivity contribution is -0.123. The number of rotatable bonds is 5. The predicted molar refractivity (Wildman–Crippen MR) is 82.5 cm³/mol. The smallest absolute Gasteiger partial charge is 0.229 e. The van der Waals surface area contributed by atoms with E-state index in [-0.39, 0.29) is 11.3 Å². The third kappa shape index (κ3) is 4.38. The minimum atomic E-state index is -0.358. The molecule has 0 fully saturated rings. The van der Waals surface area contributed by atoms with E-state index in [2.05, 4.69) is 37.4 Å². The van der Waals surface area contributed by atoms with Crippen LogP contribution in [0.5, 0.6) is 0 Å². The van der Waals surface area contributed by atoms with Crippen LogP contribution >= 0.6 is 0 Å². The van der Waals surface area contributed by atoms with E-state index in [1.54, 1.807) is 0 Å². The van der Waals surface area contributed by atoms with Gasteiger partial charge in [0.25, 0.3) is 0 Å². The molecule has 0 aliphatic heterocycles. The first kappa shape index (κ1) is 15.7. The molecule has 0 bridgehead atoms. The van der Waals surface area contributed by atoms with Gasteiger partial charge in [-0.2, -0.15) is 0 Å². The van der Waals surface area contributed by atoms with Gasteiger partial charge >= 0.3 is 0 Å². The van der Waals surface area contributed by atoms with Gasteiger partial charge in [-0.1, -0.05) is 65.7 Å². The SMILES string of the molecule is CCCc1cccc(CCC)c1NC(=O)C(C)(C)C. The van der Waals surface area contributed by atoms with Crippen molar-refractivity contribution in [1.29, 1.82) is 0 Å². The summed E-state index contributed by atoms with van der Waals surface area (Å²) in [5.74, 6) is 0.0911. The standard InChI is InChI=1S/C17H27NO/c1-6-9-13-11-8-12-14(10-7-2)15(13)18-16(19)17(3,4)5/h8,11-12H,6-7,9-10H2,1-5H3,(H,18,19). The lowest BCUT2D eigenvalue weighted by atomic mass is 9.94. The van der Waals surface area contributed by atoms with Crippen molar-refractivity contribution in [2.75, 3.05) is 5.32 Å². The van der Waals surface area contributed by atoms with Crippen molar-refractivity contribution in [2.24, 2.45) is 5.41 Å². The lowest BCUT2D eigenvalue weighted by Crippen LogP contribution is -2.28. The number of hydrogen-bond donors (Lipinski definition) is 1. The van der Waals surface area contributed by atoms with Crippen LogP contribution in [-0.2, 0) is 17.6 Å². The van der Waals surface area contributed by atoms with Crippen molar-refractivity contribution in [3.8, 4) is 0 Å². The van der Waals surface area contributed by atoms with Crippen molar-refractivity contribution in [1.82, 2.24) is 0 Å². The number of carbonyl (C=O) groups excluding carboxylic acids is 1. The highest BCUT2D eigenvalue weighted by Crippen LogP contribution is 2.26. The summed E-state index contributed by atoms with van der Waals surface area (Å²) in [6.45, 7) is 10.2. The van der Waals surface area contributed by atoms with E-state index in [9.17, 15) is 4.79 Å². The average Bonchev–Trinajstić information content (AvgIpc) is 2.32. The van der Waals surface area contributed by atoms with Crippen LogP contribution in [0.4, 0.5) is 5.69 Å². The Morgan fingerprint density at radius 1 is 1.05 bits per heavy atom. The molecule has 0 aromatic heterocycles. The van der Waals surface area contributed by atoms with Gasteiger partial charge in [0.1, 0.15) is 0 Å². The number of hydrogen-bond acceptors (Lipinski definition) is 1. The Morgan fingerprint density at radius 3 is 1.89 bits per heavy atom. The zero-order chi connectivity index (χ0) is 14.5. The van der Waals surface area contributed by atoms with Crippen molar-refractivity contribution in [3.05, 3.63) is 29.3 Å². The number of carbonyl (C=O) groups is 1. The third-order valence-corrected chi connectivity index (χ3v) is 3.20. The van der Waals surface area contributed by atoms with Crippen molar-refractivity contribution in [3.63, 3.8) is 0 Å². The maximum absolute atomic E-state index is 12.2. The Hall–Kier alpha value is -1.31. The quantitative estimate of drug-likeness (QED) is 0.826. The topological polar surface area (TPSA) is 29.1 Å². The van der Waals surface area contributed by atoms with E-state index in [1.165, 1.54) is 11.1 Å². The normalized spacial score (nSPS) is 11.4. The third-order valence-electron chi connectivity index (χ3n) is 3.20. The highest BCUT2D eigenvalue weighted by atomic mass is 16.2. The molecule has 1 aromatic rings. The molecule has 0 aliphatic rings. The van der Waals surface area contributed by atoms with E-state index >= 15 is 0 Å². The Kier molecular flexibility index (Phi) is 5.59. The van der Waals surface area contributed by atoms with Crippen molar-refractivity contribution in [2.45, 2.75) is 60.3 Å². The van der Waals surface area contributed by atoms with Crippen LogP contribution in [0.3, 0.4) is 0 Å². The summed E-state index contributed by atoms with van der Waals surface area (Å²) in [7, 11) is 0. The fourth-order valence-corrected chi connectivity index (χ4v) is 2.07. The molecular formula is C17H27NO. The van der Waals surface area contributed by atoms with Gasteiger partial charge in [-0.3, -0.25) is 4.79 Å². The van der Waals surface area contributed by atoms with Crippen LogP contribution in [0.15, 0.2) is 18.2 Å². The number of amides is 1. The first-order valence-corrected chi connectivity index (χ1v) is 7.32. The maximum atomic E-state index is 12.2. The summed E-state index contributed by atoms with van der Waals surface area (Å²) in [6, 6.07) is 6.35. The molecule has 1 rings (SSSR count). The van der Waals surface area contributed by atoms with E-state index in [4.69, 9.17) is 0 Å². The highest BCUT2D eigenvalue weighted by Gasteiger charge is 2.22. The number of benzene rings is 1. The van der Waals surface area contributed by atoms with Crippen LogP contribution < -0.4 is 5.32 Å². The van der Waals surface area contributed by atoms with Crippen molar-refractivity contribution >= 4 is 11.6 Å². The minimum Gasteiger partial charge on any atom is -0.325 e. The van der Waals surface area contributed by atoms with E-state index in [0.29, 0.717) is 0 Å². The number of nitrogens with one attached hydrogen (secondary N) is 1. The average molecular weight is 261 g/mol. The minimum absolute atomic E-state index is 0.0911. The fourth-order valence-electron chi connectivity index (χ4n) is 2.07. The summed E-state index contributed by atoms with van der Waals surface area (Å²) in [6.07, 6.45) is 4.20. The zero-order valence-electron chi connectivity index (χ0n) is 13.0. The second-order valence-corrected chi connectivity index (χ2v) is 6.16. The Morgan fingerprint density at radius 2 is 1.53 bits per heavy atom. The second kappa shape index (κ2) is 6.74. The molecule has 0 spiro atoms. The molecule has 19 heavy (non-hydrogen) atoms. The molecule has 1 amide bonds. The van der Waals surface area contributed by atoms with Crippen LogP contribution in [0, 0.1) is 5.41 Å². The molecule has 0 saturated heterocycles. The summed E-state index contributed by atoms with van der Waals surface area (Å²) in [5, 5.41) is 3.15. The molecular weight excluding hydrogens is 234 g/mol. The molecule has 1 N–H and O–H groups in total. The summed E-state index contributed by atoms with van der Waals surface area (Å²) >= 11 is 0. The first-order valence-electron chi connectivity index (χ1n) is 7.32. The van der Waals surface area contributed by atoms with Gasteiger partial charge in [0.2, 0.25) is 5.91 Å². The van der Waals surface area contributed by atoms with Crippen LogP contribution in [0.25, 0.3) is 0 Å². The Labute approximate surface area is 117 Å². The summed E-state index contributed by atoms with van der Waals surface area (Å²) in [5.41, 5.74) is 3.20. The van der Waals surface area contributed by atoms with Gasteiger partial charge in [0.15, 0.2) is 0 Å². The largest absolute Gasteiger partial charge is 0.325 e. The number of para-hydroxylation sites is 1. The number of anilines is 1. The van der Waals surface area contributed by atoms with Gasteiger partial charge in [-0.25, -0.2) is 0 Å². The molecule has 1 aromatic carbocycles. The molecule has 2 heteroatoms. The Balaban J connectivity index is 3.10. The molecule has 0 unspecified atom stereocenters. The molecule has 0 saturated carbocycles. The molecule has 0 heterocycles. The van der Waals surface area contributed by atoms with Crippen LogP contribution in [0.1, 0.15) is 58.6 Å². The molecule has 0 atom stereocenters. The van der Waals surface area contributed by atoms with E-state index in [1.807, 2.05) is 20.8 Å². The number of aryl methyl sites for hydroxylation is 2. The van der Waals surface area contributed by atoms with Gasteiger partial charge in [-0.05, 0) is 24.0 Å². The van der Waals surface area contributed by atoms with Crippen LogP contribution in [-0.4, -0.2) is 5.91 Å². The van der Waals surface area contributed by atoms with Crippen LogP contribution in [0.2, 0.25) is 0 Å². The molecule has 2 nitrogen and oxygen atoms in total. The van der Waals surface area contributed by atoms with Gasteiger partial charge in [0.05, 0.1) is 0 Å². The van der Waals surface area contributed by atoms with E-state index in [0.717, 1.165) is 31.4 Å². The van der Waals surface area contributed by atoms with Crippen molar-refractivity contribution < 1.29 is 4.79 Å². The fraction of sp³-hybridized carbons (Fsp3) is 0.588. The molecule has 0 aliphatic carbocycles. The van der Waals surface area contributed by atoms with Gasteiger partial charge in [0, 0.05) is 11.1 Å². The predicted octanol–water partition coefficient (Wildman–Crippen LogP) is 4.58. The highest BCUT2D eigenvalue weighted by molar-refractivity contribution is 5.95. The molecule has 106 valence electrons. The monoisotopic (exact) mass is 261 g/mol. The van der Waals surface area contributed by atoms with Gasteiger partial charge in [-0.15, -0.1) is 0 Å². The lowest BCUT2D eigenvalue weighted by Gasteiger charge is -2.21. The first-order chi connectivity index (χ1) is 8.90.